The van der Waals surface area contributed by atoms with Crippen molar-refractivity contribution in [1.82, 2.24) is 0 Å². The summed E-state index contributed by atoms with van der Waals surface area (Å²) in [5, 5.41) is 9.81. The first-order valence-corrected chi connectivity index (χ1v) is 5.79. The molecule has 1 heterocycles. The molecule has 0 spiro atoms. The highest BCUT2D eigenvalue weighted by atomic mass is 16.7. The van der Waals surface area contributed by atoms with Gasteiger partial charge in [-0.2, -0.15) is 0 Å². The summed E-state index contributed by atoms with van der Waals surface area (Å²) in [7, 11) is 0. The molecule has 0 aliphatic carbocycles. The van der Waals surface area contributed by atoms with Crippen LogP contribution < -0.4 is 0 Å². The molecule has 100 valence electrons. The first-order valence-electron chi connectivity index (χ1n) is 5.79. The van der Waals surface area contributed by atoms with Crippen molar-refractivity contribution in [3.8, 4) is 0 Å². The Morgan fingerprint density at radius 3 is 2.53 bits per heavy atom. The van der Waals surface area contributed by atoms with E-state index in [1.807, 2.05) is 0 Å². The van der Waals surface area contributed by atoms with Gasteiger partial charge >= 0.3 is 5.97 Å². The van der Waals surface area contributed by atoms with Gasteiger partial charge in [-0.1, -0.05) is 0 Å². The highest BCUT2D eigenvalue weighted by Crippen LogP contribution is 2.24. The number of rotatable bonds is 3. The fraction of sp³-hybridized carbons (Fsp3) is 0.917. The molecule has 0 amide bonds. The quantitative estimate of drug-likeness (QED) is 0.755. The fourth-order valence-corrected chi connectivity index (χ4v) is 1.39. The topological polar surface area (TPSA) is 65.0 Å². The molecule has 1 aliphatic heterocycles. The number of carbonyl (C=O) groups is 1. The van der Waals surface area contributed by atoms with Crippen LogP contribution in [-0.4, -0.2) is 42.3 Å². The molecule has 1 saturated heterocycles. The van der Waals surface area contributed by atoms with E-state index < -0.39 is 23.4 Å². The lowest BCUT2D eigenvalue weighted by atomic mass is 9.97. The maximum atomic E-state index is 11.5. The van der Waals surface area contributed by atoms with E-state index in [1.54, 1.807) is 34.6 Å². The predicted molar refractivity (Wildman–Crippen MR) is 61.3 cm³/mol. The number of esters is 1. The SMILES string of the molecule is CC1(C)OC[C@@H]([C@@H](O)COC(=O)C(C)(C)C)O1. The van der Waals surface area contributed by atoms with Crippen LogP contribution in [-0.2, 0) is 19.0 Å². The van der Waals surface area contributed by atoms with Crippen molar-refractivity contribution < 1.29 is 24.1 Å². The van der Waals surface area contributed by atoms with Crippen molar-refractivity contribution in [1.29, 1.82) is 0 Å². The smallest absolute Gasteiger partial charge is 0.311 e. The van der Waals surface area contributed by atoms with Gasteiger partial charge in [-0.25, -0.2) is 0 Å². The third-order valence-electron chi connectivity index (χ3n) is 2.46. The minimum absolute atomic E-state index is 0.0692. The molecule has 0 saturated carbocycles. The Bertz CT molecular complexity index is 279. The third-order valence-corrected chi connectivity index (χ3v) is 2.46. The molecule has 0 aromatic heterocycles. The van der Waals surface area contributed by atoms with Crippen LogP contribution in [0.2, 0.25) is 0 Å². The van der Waals surface area contributed by atoms with Crippen LogP contribution in [0.5, 0.6) is 0 Å². The van der Waals surface area contributed by atoms with Gasteiger partial charge in [0, 0.05) is 0 Å². The van der Waals surface area contributed by atoms with Gasteiger partial charge in [0.05, 0.1) is 12.0 Å². The van der Waals surface area contributed by atoms with Gasteiger partial charge in [0.15, 0.2) is 5.79 Å². The van der Waals surface area contributed by atoms with E-state index in [4.69, 9.17) is 14.2 Å². The lowest BCUT2D eigenvalue weighted by molar-refractivity contribution is -0.167. The fourth-order valence-electron chi connectivity index (χ4n) is 1.39. The molecule has 2 atom stereocenters. The van der Waals surface area contributed by atoms with Gasteiger partial charge in [0.2, 0.25) is 0 Å². The van der Waals surface area contributed by atoms with Crippen molar-refractivity contribution in [3.05, 3.63) is 0 Å². The Hall–Kier alpha value is -0.650. The zero-order chi connectivity index (χ0) is 13.3. The molecule has 5 heteroatoms. The normalized spacial score (nSPS) is 25.6. The molecule has 0 bridgehead atoms. The van der Waals surface area contributed by atoms with Gasteiger partial charge in [-0.15, -0.1) is 0 Å². The molecular formula is C12H22O5. The van der Waals surface area contributed by atoms with Crippen LogP contribution in [0.25, 0.3) is 0 Å². The lowest BCUT2D eigenvalue weighted by Gasteiger charge is -2.22. The zero-order valence-electron chi connectivity index (χ0n) is 11.1. The van der Waals surface area contributed by atoms with Gasteiger partial charge in [-0.05, 0) is 34.6 Å². The Morgan fingerprint density at radius 1 is 1.53 bits per heavy atom. The number of aliphatic hydroxyl groups is 1. The standard InChI is InChI=1S/C12H22O5/c1-11(2,3)10(14)15-6-8(13)9-7-16-12(4,5)17-9/h8-9,13H,6-7H2,1-5H3/t8-,9-/m0/s1. The van der Waals surface area contributed by atoms with Crippen LogP contribution in [0.1, 0.15) is 34.6 Å². The van der Waals surface area contributed by atoms with Crippen molar-refractivity contribution >= 4 is 5.97 Å². The maximum absolute atomic E-state index is 11.5. The number of ether oxygens (including phenoxy) is 3. The van der Waals surface area contributed by atoms with Gasteiger partial charge in [0.1, 0.15) is 18.8 Å². The van der Waals surface area contributed by atoms with Crippen LogP contribution in [0.15, 0.2) is 0 Å². The number of carbonyl (C=O) groups excluding carboxylic acids is 1. The molecule has 1 fully saturated rings. The highest BCUT2D eigenvalue weighted by molar-refractivity contribution is 5.75. The van der Waals surface area contributed by atoms with E-state index in [1.165, 1.54) is 0 Å². The highest BCUT2D eigenvalue weighted by Gasteiger charge is 2.37. The predicted octanol–water partition coefficient (Wildman–Crippen LogP) is 1.09. The molecule has 5 nitrogen and oxygen atoms in total. The van der Waals surface area contributed by atoms with E-state index >= 15 is 0 Å². The minimum atomic E-state index is -0.858. The van der Waals surface area contributed by atoms with Gasteiger partial charge < -0.3 is 19.3 Å². The largest absolute Gasteiger partial charge is 0.462 e. The van der Waals surface area contributed by atoms with E-state index in [0.717, 1.165) is 0 Å². The van der Waals surface area contributed by atoms with E-state index in [2.05, 4.69) is 0 Å². The third kappa shape index (κ3) is 4.26. The monoisotopic (exact) mass is 246 g/mol. The second-order valence-corrected chi connectivity index (χ2v) is 5.78. The van der Waals surface area contributed by atoms with E-state index in [9.17, 15) is 9.90 Å². The summed E-state index contributed by atoms with van der Waals surface area (Å²) >= 11 is 0. The maximum Gasteiger partial charge on any atom is 0.311 e. The first-order chi connectivity index (χ1) is 7.62. The molecule has 1 N–H and O–H groups in total. The van der Waals surface area contributed by atoms with Crippen LogP contribution in [0.4, 0.5) is 0 Å². The average Bonchev–Trinajstić information content (AvgIpc) is 2.53. The molecule has 17 heavy (non-hydrogen) atoms. The second-order valence-electron chi connectivity index (χ2n) is 5.78. The molecule has 0 radical (unpaired) electrons. The van der Waals surface area contributed by atoms with Crippen LogP contribution in [0.3, 0.4) is 0 Å². The summed E-state index contributed by atoms with van der Waals surface area (Å²) < 4.78 is 15.8. The number of aliphatic hydroxyl groups excluding tert-OH is 1. The van der Waals surface area contributed by atoms with Crippen molar-refractivity contribution in [3.63, 3.8) is 0 Å². The number of hydrogen-bond donors (Lipinski definition) is 1. The molecule has 1 rings (SSSR count). The van der Waals surface area contributed by atoms with E-state index in [-0.39, 0.29) is 12.6 Å². The van der Waals surface area contributed by atoms with Crippen LogP contribution >= 0.6 is 0 Å². The molecule has 1 aliphatic rings. The molecule has 0 aromatic rings. The Labute approximate surface area is 102 Å². The summed E-state index contributed by atoms with van der Waals surface area (Å²) in [4.78, 5) is 11.5. The lowest BCUT2D eigenvalue weighted by Crippen LogP contribution is -2.36. The minimum Gasteiger partial charge on any atom is -0.462 e. The van der Waals surface area contributed by atoms with Crippen LogP contribution in [0, 0.1) is 5.41 Å². The van der Waals surface area contributed by atoms with Gasteiger partial charge in [-0.3, -0.25) is 4.79 Å². The second kappa shape index (κ2) is 4.92. The molecular weight excluding hydrogens is 224 g/mol. The summed E-state index contributed by atoms with van der Waals surface area (Å²) in [5.74, 6) is -1.02. The van der Waals surface area contributed by atoms with Crippen molar-refractivity contribution in [2.45, 2.75) is 52.6 Å². The summed E-state index contributed by atoms with van der Waals surface area (Å²) in [5.41, 5.74) is -0.563. The van der Waals surface area contributed by atoms with E-state index in [0.29, 0.717) is 6.61 Å². The summed E-state index contributed by atoms with van der Waals surface area (Å²) in [6, 6.07) is 0. The summed E-state index contributed by atoms with van der Waals surface area (Å²) in [6.45, 7) is 9.09. The average molecular weight is 246 g/mol. The van der Waals surface area contributed by atoms with Gasteiger partial charge in [0.25, 0.3) is 0 Å². The zero-order valence-corrected chi connectivity index (χ0v) is 11.1. The summed E-state index contributed by atoms with van der Waals surface area (Å²) in [6.07, 6.45) is -1.30. The number of hydrogen-bond acceptors (Lipinski definition) is 5. The Kier molecular flexibility index (Phi) is 4.17. The Morgan fingerprint density at radius 2 is 2.12 bits per heavy atom. The first kappa shape index (κ1) is 14.4. The Balaban J connectivity index is 2.36. The van der Waals surface area contributed by atoms with Crippen molar-refractivity contribution in [2.75, 3.05) is 13.2 Å². The van der Waals surface area contributed by atoms with Crippen molar-refractivity contribution in [2.24, 2.45) is 5.41 Å². The molecule has 0 aromatic carbocycles. The molecule has 0 unspecified atom stereocenters.